The molecule has 1 aliphatic carbocycles. The Morgan fingerprint density at radius 3 is 2.58 bits per heavy atom. The van der Waals surface area contributed by atoms with Crippen LogP contribution < -0.4 is 10.5 Å². The zero-order valence-electron chi connectivity index (χ0n) is 10.9. The molecule has 0 aromatic heterocycles. The molecule has 0 bridgehead atoms. The van der Waals surface area contributed by atoms with E-state index in [4.69, 9.17) is 15.2 Å². The Labute approximate surface area is 111 Å². The Kier molecular flexibility index (Phi) is 4.04. The summed E-state index contributed by atoms with van der Waals surface area (Å²) in [5, 5.41) is 0. The Morgan fingerprint density at radius 1 is 1.42 bits per heavy atom. The van der Waals surface area contributed by atoms with Crippen LogP contribution in [-0.2, 0) is 9.53 Å². The van der Waals surface area contributed by atoms with Crippen molar-refractivity contribution in [1.82, 2.24) is 0 Å². The summed E-state index contributed by atoms with van der Waals surface area (Å²) in [4.78, 5) is 11.9. The first-order valence-electron chi connectivity index (χ1n) is 6.40. The zero-order valence-corrected chi connectivity index (χ0v) is 10.9. The second-order valence-electron chi connectivity index (χ2n) is 4.78. The summed E-state index contributed by atoms with van der Waals surface area (Å²) < 4.78 is 23.3. The van der Waals surface area contributed by atoms with E-state index in [1.54, 1.807) is 6.92 Å². The maximum Gasteiger partial charge on any atom is 0.329 e. The highest BCUT2D eigenvalue weighted by atomic mass is 19.1. The van der Waals surface area contributed by atoms with E-state index in [1.165, 1.54) is 24.3 Å². The van der Waals surface area contributed by atoms with Gasteiger partial charge in [-0.2, -0.15) is 0 Å². The third-order valence-corrected chi connectivity index (χ3v) is 3.25. The predicted octanol–water partition coefficient (Wildman–Crippen LogP) is 1.88. The van der Waals surface area contributed by atoms with Crippen LogP contribution in [0.1, 0.15) is 19.8 Å². The molecule has 0 heterocycles. The number of nitrogens with two attached hydrogens (primary N) is 1. The first-order chi connectivity index (χ1) is 9.06. The van der Waals surface area contributed by atoms with Crippen molar-refractivity contribution in [3.63, 3.8) is 0 Å². The molecule has 1 aliphatic rings. The molecule has 19 heavy (non-hydrogen) atoms. The Hall–Kier alpha value is -1.62. The average molecular weight is 267 g/mol. The maximum absolute atomic E-state index is 12.8. The van der Waals surface area contributed by atoms with Gasteiger partial charge in [-0.25, -0.2) is 9.18 Å². The molecule has 1 fully saturated rings. The molecule has 2 N–H and O–H groups in total. The van der Waals surface area contributed by atoms with Crippen LogP contribution in [-0.4, -0.2) is 24.7 Å². The van der Waals surface area contributed by atoms with Crippen molar-refractivity contribution in [3.8, 4) is 5.75 Å². The summed E-state index contributed by atoms with van der Waals surface area (Å²) in [6, 6.07) is 5.62. The maximum atomic E-state index is 12.8. The number of hydrogen-bond donors (Lipinski definition) is 1. The lowest BCUT2D eigenvalue weighted by atomic mass is 9.96. The molecular formula is C14H18FNO3. The molecule has 0 radical (unpaired) electrons. The van der Waals surface area contributed by atoms with E-state index in [9.17, 15) is 9.18 Å². The minimum Gasteiger partial charge on any atom is -0.491 e. The Balaban J connectivity index is 2.01. The van der Waals surface area contributed by atoms with Crippen molar-refractivity contribution < 1.29 is 18.7 Å². The normalized spacial score (nSPS) is 17.6. The second-order valence-corrected chi connectivity index (χ2v) is 4.78. The topological polar surface area (TPSA) is 61.5 Å². The third-order valence-electron chi connectivity index (χ3n) is 3.25. The smallest absolute Gasteiger partial charge is 0.329 e. The molecule has 0 spiro atoms. The number of benzene rings is 1. The highest BCUT2D eigenvalue weighted by Crippen LogP contribution is 2.39. The molecule has 1 unspecified atom stereocenters. The molecule has 2 rings (SSSR count). The van der Waals surface area contributed by atoms with E-state index in [2.05, 4.69) is 0 Å². The summed E-state index contributed by atoms with van der Waals surface area (Å²) in [6.07, 6.45) is 1.81. The first kappa shape index (κ1) is 13.8. The van der Waals surface area contributed by atoms with Crippen molar-refractivity contribution in [2.75, 3.05) is 13.2 Å². The monoisotopic (exact) mass is 267 g/mol. The number of ether oxygens (including phenoxy) is 2. The lowest BCUT2D eigenvalue weighted by Gasteiger charge is -2.26. The number of halogens is 1. The van der Waals surface area contributed by atoms with E-state index < -0.39 is 11.5 Å². The van der Waals surface area contributed by atoms with Crippen LogP contribution in [0.3, 0.4) is 0 Å². The quantitative estimate of drug-likeness (QED) is 0.799. The number of carbonyl (C=O) groups is 1. The summed E-state index contributed by atoms with van der Waals surface area (Å²) in [7, 11) is 0. The summed E-state index contributed by atoms with van der Waals surface area (Å²) in [6.45, 7) is 2.08. The standard InChI is InChI=1S/C14H18FNO3/c1-2-18-13(17)14(16,10-3-4-10)9-19-12-7-5-11(15)6-8-12/h5-8,10H,2-4,9,16H2,1H3. The van der Waals surface area contributed by atoms with Crippen molar-refractivity contribution in [2.45, 2.75) is 25.3 Å². The highest BCUT2D eigenvalue weighted by Gasteiger charge is 2.50. The second kappa shape index (κ2) is 5.57. The van der Waals surface area contributed by atoms with E-state index >= 15 is 0 Å². The summed E-state index contributed by atoms with van der Waals surface area (Å²) >= 11 is 0. The fraction of sp³-hybridized carbons (Fsp3) is 0.500. The van der Waals surface area contributed by atoms with Gasteiger partial charge in [0, 0.05) is 0 Å². The molecule has 104 valence electrons. The van der Waals surface area contributed by atoms with Crippen molar-refractivity contribution in [2.24, 2.45) is 11.7 Å². The van der Waals surface area contributed by atoms with Crippen LogP contribution in [0.15, 0.2) is 24.3 Å². The number of esters is 1. The van der Waals surface area contributed by atoms with Gasteiger partial charge < -0.3 is 15.2 Å². The van der Waals surface area contributed by atoms with Crippen LogP contribution in [0.2, 0.25) is 0 Å². The molecule has 1 aromatic rings. The van der Waals surface area contributed by atoms with Crippen LogP contribution in [0, 0.1) is 11.7 Å². The summed E-state index contributed by atoms with van der Waals surface area (Å²) in [5.74, 6) is -0.174. The van der Waals surface area contributed by atoms with Gasteiger partial charge in [0.15, 0.2) is 5.54 Å². The number of carbonyl (C=O) groups excluding carboxylic acids is 1. The first-order valence-corrected chi connectivity index (χ1v) is 6.40. The fourth-order valence-electron chi connectivity index (χ4n) is 1.94. The van der Waals surface area contributed by atoms with Crippen molar-refractivity contribution in [1.29, 1.82) is 0 Å². The average Bonchev–Trinajstić information content (AvgIpc) is 3.22. The van der Waals surface area contributed by atoms with Gasteiger partial charge in [0.25, 0.3) is 0 Å². The Bertz CT molecular complexity index is 445. The number of rotatable bonds is 6. The zero-order chi connectivity index (χ0) is 13.9. The molecule has 1 aromatic carbocycles. The van der Waals surface area contributed by atoms with Gasteiger partial charge in [-0.05, 0) is 49.9 Å². The van der Waals surface area contributed by atoms with Crippen molar-refractivity contribution >= 4 is 5.97 Å². The van der Waals surface area contributed by atoms with Gasteiger partial charge in [-0.1, -0.05) is 0 Å². The summed E-state index contributed by atoms with van der Waals surface area (Å²) in [5.41, 5.74) is 5.03. The predicted molar refractivity (Wildman–Crippen MR) is 68.2 cm³/mol. The fourth-order valence-corrected chi connectivity index (χ4v) is 1.94. The van der Waals surface area contributed by atoms with Crippen LogP contribution in [0.5, 0.6) is 5.75 Å². The van der Waals surface area contributed by atoms with E-state index in [0.29, 0.717) is 12.4 Å². The van der Waals surface area contributed by atoms with Crippen LogP contribution >= 0.6 is 0 Å². The molecule has 5 heteroatoms. The molecule has 4 nitrogen and oxygen atoms in total. The molecule has 1 atom stereocenters. The minimum atomic E-state index is -1.11. The van der Waals surface area contributed by atoms with E-state index in [1.807, 2.05) is 0 Å². The van der Waals surface area contributed by atoms with E-state index in [0.717, 1.165) is 12.8 Å². The van der Waals surface area contributed by atoms with Crippen LogP contribution in [0.25, 0.3) is 0 Å². The van der Waals surface area contributed by atoms with E-state index in [-0.39, 0.29) is 18.3 Å². The van der Waals surface area contributed by atoms with Gasteiger partial charge in [-0.3, -0.25) is 0 Å². The molecule has 0 amide bonds. The number of hydrogen-bond acceptors (Lipinski definition) is 4. The van der Waals surface area contributed by atoms with Crippen molar-refractivity contribution in [3.05, 3.63) is 30.1 Å². The third kappa shape index (κ3) is 3.23. The van der Waals surface area contributed by atoms with Gasteiger partial charge >= 0.3 is 5.97 Å². The highest BCUT2D eigenvalue weighted by molar-refractivity contribution is 5.81. The molecule has 0 aliphatic heterocycles. The minimum absolute atomic E-state index is 0.0438. The lowest BCUT2D eigenvalue weighted by molar-refractivity contribution is -0.151. The van der Waals surface area contributed by atoms with Crippen LogP contribution in [0.4, 0.5) is 4.39 Å². The van der Waals surface area contributed by atoms with Gasteiger partial charge in [-0.15, -0.1) is 0 Å². The molecule has 1 saturated carbocycles. The SMILES string of the molecule is CCOC(=O)C(N)(COc1ccc(F)cc1)C1CC1. The molecule has 0 saturated heterocycles. The van der Waals surface area contributed by atoms with Gasteiger partial charge in [0.2, 0.25) is 0 Å². The van der Waals surface area contributed by atoms with Gasteiger partial charge in [0.05, 0.1) is 6.61 Å². The molecular weight excluding hydrogens is 249 g/mol. The Morgan fingerprint density at radius 2 is 2.05 bits per heavy atom. The largest absolute Gasteiger partial charge is 0.491 e. The van der Waals surface area contributed by atoms with Gasteiger partial charge in [0.1, 0.15) is 18.2 Å². The lowest BCUT2D eigenvalue weighted by Crippen LogP contribution is -2.55.